The fourth-order valence-corrected chi connectivity index (χ4v) is 3.53. The molecule has 1 aromatic heterocycles. The maximum atomic E-state index is 4.49. The molecule has 0 saturated heterocycles. The second-order valence-corrected chi connectivity index (χ2v) is 6.67. The smallest absolute Gasteiger partial charge is 0.0954 e. The Kier molecular flexibility index (Phi) is 4.97. The third kappa shape index (κ3) is 3.75. The maximum absolute atomic E-state index is 4.49. The van der Waals surface area contributed by atoms with Crippen LogP contribution < -0.4 is 0 Å². The van der Waals surface area contributed by atoms with Crippen LogP contribution in [-0.4, -0.2) is 9.55 Å². The molecule has 3 aromatic carbocycles. The predicted molar refractivity (Wildman–Crippen MR) is 112 cm³/mol. The van der Waals surface area contributed by atoms with Gasteiger partial charge in [-0.3, -0.25) is 0 Å². The van der Waals surface area contributed by atoms with Crippen molar-refractivity contribution in [3.05, 3.63) is 132 Å². The van der Waals surface area contributed by atoms with Gasteiger partial charge in [0.1, 0.15) is 0 Å². The normalized spacial score (nSPS) is 10.9. The number of allylic oxidation sites excluding steroid dienone is 1. The first-order valence-electron chi connectivity index (χ1n) is 9.16. The van der Waals surface area contributed by atoms with Gasteiger partial charge in [0.2, 0.25) is 0 Å². The molecule has 27 heavy (non-hydrogen) atoms. The Hall–Kier alpha value is -3.39. The van der Waals surface area contributed by atoms with Gasteiger partial charge >= 0.3 is 0 Å². The SMILES string of the molecule is C=C(c1cncn1Cc1ccccc1)C(c1ccccc1)c1ccccc1. The first-order valence-corrected chi connectivity index (χ1v) is 9.16. The zero-order valence-corrected chi connectivity index (χ0v) is 15.2. The van der Waals surface area contributed by atoms with E-state index < -0.39 is 0 Å². The van der Waals surface area contributed by atoms with E-state index in [1.54, 1.807) is 0 Å². The zero-order chi connectivity index (χ0) is 18.5. The van der Waals surface area contributed by atoms with Crippen LogP contribution in [0, 0.1) is 0 Å². The van der Waals surface area contributed by atoms with E-state index in [-0.39, 0.29) is 5.92 Å². The summed E-state index contributed by atoms with van der Waals surface area (Å²) >= 11 is 0. The van der Waals surface area contributed by atoms with Crippen LogP contribution in [0.5, 0.6) is 0 Å². The summed E-state index contributed by atoms with van der Waals surface area (Å²) in [5.74, 6) is 0.0959. The van der Waals surface area contributed by atoms with Crippen LogP contribution in [0.25, 0.3) is 5.57 Å². The van der Waals surface area contributed by atoms with Gasteiger partial charge in [-0.15, -0.1) is 0 Å². The van der Waals surface area contributed by atoms with E-state index in [9.17, 15) is 0 Å². The summed E-state index contributed by atoms with van der Waals surface area (Å²) in [6.07, 6.45) is 3.81. The van der Waals surface area contributed by atoms with E-state index in [4.69, 9.17) is 0 Å². The Morgan fingerprint density at radius 2 is 1.30 bits per heavy atom. The molecule has 0 radical (unpaired) electrons. The number of hydrogen-bond acceptors (Lipinski definition) is 1. The van der Waals surface area contributed by atoms with Gasteiger partial charge in [-0.25, -0.2) is 4.98 Å². The highest BCUT2D eigenvalue weighted by Crippen LogP contribution is 2.36. The minimum absolute atomic E-state index is 0.0959. The molecule has 0 aliphatic heterocycles. The number of nitrogens with zero attached hydrogens (tertiary/aromatic N) is 2. The van der Waals surface area contributed by atoms with Gasteiger partial charge in [-0.1, -0.05) is 97.6 Å². The average Bonchev–Trinajstić information content (AvgIpc) is 3.19. The van der Waals surface area contributed by atoms with Crippen LogP contribution in [0.2, 0.25) is 0 Å². The molecule has 2 nitrogen and oxygen atoms in total. The highest BCUT2D eigenvalue weighted by Gasteiger charge is 2.21. The van der Waals surface area contributed by atoms with Crippen LogP contribution in [-0.2, 0) is 6.54 Å². The lowest BCUT2D eigenvalue weighted by atomic mass is 9.84. The van der Waals surface area contributed by atoms with Crippen molar-refractivity contribution in [1.82, 2.24) is 9.55 Å². The van der Waals surface area contributed by atoms with Crippen molar-refractivity contribution in [2.75, 3.05) is 0 Å². The van der Waals surface area contributed by atoms with Crippen molar-refractivity contribution in [3.63, 3.8) is 0 Å². The van der Waals surface area contributed by atoms with Crippen molar-refractivity contribution < 1.29 is 0 Å². The van der Waals surface area contributed by atoms with Crippen molar-refractivity contribution in [2.24, 2.45) is 0 Å². The van der Waals surface area contributed by atoms with Crippen molar-refractivity contribution in [3.8, 4) is 0 Å². The lowest BCUT2D eigenvalue weighted by Gasteiger charge is -2.22. The van der Waals surface area contributed by atoms with Crippen LogP contribution in [0.4, 0.5) is 0 Å². The summed E-state index contributed by atoms with van der Waals surface area (Å²) in [6, 6.07) is 31.5. The molecule has 0 bridgehead atoms. The quantitative estimate of drug-likeness (QED) is 0.431. The summed E-state index contributed by atoms with van der Waals surface area (Å²) in [7, 11) is 0. The molecule has 0 saturated carbocycles. The molecule has 0 aliphatic carbocycles. The molecule has 2 heteroatoms. The first-order chi connectivity index (χ1) is 13.3. The number of aromatic nitrogens is 2. The fourth-order valence-electron chi connectivity index (χ4n) is 3.53. The van der Waals surface area contributed by atoms with Crippen molar-refractivity contribution >= 4 is 5.57 Å². The Labute approximate surface area is 160 Å². The van der Waals surface area contributed by atoms with E-state index in [1.165, 1.54) is 16.7 Å². The molecule has 0 amide bonds. The minimum Gasteiger partial charge on any atom is -0.326 e. The molecule has 1 heterocycles. The molecule has 4 rings (SSSR count). The second kappa shape index (κ2) is 7.88. The molecule has 0 N–H and O–H groups in total. The van der Waals surface area contributed by atoms with E-state index >= 15 is 0 Å². The molecule has 0 unspecified atom stereocenters. The Morgan fingerprint density at radius 3 is 1.85 bits per heavy atom. The number of hydrogen-bond donors (Lipinski definition) is 0. The third-order valence-electron chi connectivity index (χ3n) is 4.85. The number of imidazole rings is 1. The summed E-state index contributed by atoms with van der Waals surface area (Å²) in [5.41, 5.74) is 5.85. The van der Waals surface area contributed by atoms with E-state index in [1.807, 2.05) is 30.7 Å². The van der Waals surface area contributed by atoms with E-state index in [2.05, 4.69) is 88.9 Å². The number of benzene rings is 3. The van der Waals surface area contributed by atoms with Crippen molar-refractivity contribution in [1.29, 1.82) is 0 Å². The molecule has 0 aliphatic rings. The molecule has 0 atom stereocenters. The Morgan fingerprint density at radius 1 is 0.778 bits per heavy atom. The van der Waals surface area contributed by atoms with E-state index in [0.717, 1.165) is 17.8 Å². The summed E-state index contributed by atoms with van der Waals surface area (Å²) in [6.45, 7) is 5.27. The lowest BCUT2D eigenvalue weighted by Crippen LogP contribution is -2.09. The summed E-state index contributed by atoms with van der Waals surface area (Å²) in [4.78, 5) is 4.41. The first kappa shape index (κ1) is 17.0. The Balaban J connectivity index is 1.72. The highest BCUT2D eigenvalue weighted by molar-refractivity contribution is 5.71. The summed E-state index contributed by atoms with van der Waals surface area (Å²) in [5, 5.41) is 0. The third-order valence-corrected chi connectivity index (χ3v) is 4.85. The minimum atomic E-state index is 0.0959. The van der Waals surface area contributed by atoms with Gasteiger partial charge in [0.25, 0.3) is 0 Å². The van der Waals surface area contributed by atoms with Gasteiger partial charge in [0, 0.05) is 12.5 Å². The summed E-state index contributed by atoms with van der Waals surface area (Å²) < 4.78 is 2.18. The molecule has 0 fully saturated rings. The van der Waals surface area contributed by atoms with Crippen LogP contribution >= 0.6 is 0 Å². The molecular weight excluding hydrogens is 328 g/mol. The van der Waals surface area contributed by atoms with Gasteiger partial charge in [-0.05, 0) is 22.3 Å². The molecule has 0 spiro atoms. The van der Waals surface area contributed by atoms with Gasteiger partial charge in [0.15, 0.2) is 0 Å². The topological polar surface area (TPSA) is 17.8 Å². The van der Waals surface area contributed by atoms with Gasteiger partial charge in [0.05, 0.1) is 18.2 Å². The van der Waals surface area contributed by atoms with E-state index in [0.29, 0.717) is 0 Å². The largest absolute Gasteiger partial charge is 0.326 e. The molecule has 4 aromatic rings. The predicted octanol–water partition coefficient (Wildman–Crippen LogP) is 5.78. The van der Waals surface area contributed by atoms with Crippen LogP contribution in [0.1, 0.15) is 28.3 Å². The highest BCUT2D eigenvalue weighted by atomic mass is 15.0. The zero-order valence-electron chi connectivity index (χ0n) is 15.2. The van der Waals surface area contributed by atoms with Crippen LogP contribution in [0.3, 0.4) is 0 Å². The van der Waals surface area contributed by atoms with Gasteiger partial charge < -0.3 is 4.57 Å². The standard InChI is InChI=1S/C25H22N2/c1-20(24-17-26-19-27(24)18-21-11-5-2-6-12-21)25(22-13-7-3-8-14-22)23-15-9-4-10-16-23/h2-17,19,25H,1,18H2. The molecule has 132 valence electrons. The average molecular weight is 350 g/mol. The van der Waals surface area contributed by atoms with Crippen LogP contribution in [0.15, 0.2) is 110 Å². The monoisotopic (exact) mass is 350 g/mol. The number of rotatable bonds is 6. The Bertz CT molecular complexity index is 962. The second-order valence-electron chi connectivity index (χ2n) is 6.67. The van der Waals surface area contributed by atoms with Gasteiger partial charge in [-0.2, -0.15) is 0 Å². The lowest BCUT2D eigenvalue weighted by molar-refractivity contribution is 0.780. The van der Waals surface area contributed by atoms with Crippen molar-refractivity contribution in [2.45, 2.75) is 12.5 Å². The maximum Gasteiger partial charge on any atom is 0.0954 e. The fraction of sp³-hybridized carbons (Fsp3) is 0.0800. The molecular formula is C25H22N2.